The van der Waals surface area contributed by atoms with Gasteiger partial charge in [-0.15, -0.1) is 0 Å². The molecule has 0 aliphatic carbocycles. The van der Waals surface area contributed by atoms with Crippen molar-refractivity contribution in [3.05, 3.63) is 66.2 Å². The van der Waals surface area contributed by atoms with Gasteiger partial charge < -0.3 is 14.8 Å². The molecule has 3 aromatic rings. The monoisotopic (exact) mass is 440 g/mol. The maximum Gasteiger partial charge on any atom is 0.263 e. The minimum Gasteiger partial charge on any atom is -0.492 e. The molecule has 1 N–H and O–H groups in total. The first-order valence-corrected chi connectivity index (χ1v) is 11.8. The van der Waals surface area contributed by atoms with Gasteiger partial charge in [-0.25, -0.2) is 8.42 Å². The van der Waals surface area contributed by atoms with Crippen LogP contribution in [0.4, 0.5) is 5.69 Å². The average Bonchev–Trinajstić information content (AvgIpc) is 2.74. The highest BCUT2D eigenvalue weighted by Crippen LogP contribution is 2.35. The van der Waals surface area contributed by atoms with Crippen LogP contribution in [0.25, 0.3) is 10.8 Å². The summed E-state index contributed by atoms with van der Waals surface area (Å²) in [4.78, 5) is 12.6. The van der Waals surface area contributed by atoms with E-state index in [2.05, 4.69) is 5.32 Å². The SMILES string of the molecule is Cc1ccc2c(c1)OC(C(=O)NCCOc1ccc3ccccc3c1)CN2S(C)(=O)=O. The molecule has 1 heterocycles. The van der Waals surface area contributed by atoms with Crippen LogP contribution in [0.5, 0.6) is 11.5 Å². The number of aryl methyl sites for hydroxylation is 1. The number of fused-ring (bicyclic) bond motifs is 2. The molecule has 3 aromatic carbocycles. The van der Waals surface area contributed by atoms with E-state index in [-0.39, 0.29) is 25.6 Å². The lowest BCUT2D eigenvalue weighted by Gasteiger charge is -2.34. The largest absolute Gasteiger partial charge is 0.492 e. The van der Waals surface area contributed by atoms with E-state index in [0.717, 1.165) is 28.3 Å². The van der Waals surface area contributed by atoms with Crippen molar-refractivity contribution >= 4 is 32.4 Å². The number of hydrogen-bond acceptors (Lipinski definition) is 5. The van der Waals surface area contributed by atoms with Crippen molar-refractivity contribution in [3.63, 3.8) is 0 Å². The molecule has 0 radical (unpaired) electrons. The molecule has 162 valence electrons. The van der Waals surface area contributed by atoms with Gasteiger partial charge in [0.05, 0.1) is 25.0 Å². The Morgan fingerprint density at radius 2 is 1.90 bits per heavy atom. The van der Waals surface area contributed by atoms with Crippen LogP contribution in [0.2, 0.25) is 0 Å². The lowest BCUT2D eigenvalue weighted by atomic mass is 10.1. The number of benzene rings is 3. The number of anilines is 1. The predicted octanol–water partition coefficient (Wildman–Crippen LogP) is 2.87. The van der Waals surface area contributed by atoms with Crippen LogP contribution >= 0.6 is 0 Å². The van der Waals surface area contributed by atoms with Gasteiger partial charge in [-0.3, -0.25) is 9.10 Å². The van der Waals surface area contributed by atoms with E-state index in [1.165, 1.54) is 4.31 Å². The third-order valence-electron chi connectivity index (χ3n) is 5.07. The lowest BCUT2D eigenvalue weighted by molar-refractivity contribution is -0.127. The highest BCUT2D eigenvalue weighted by molar-refractivity contribution is 7.92. The lowest BCUT2D eigenvalue weighted by Crippen LogP contribution is -2.51. The minimum absolute atomic E-state index is 0.0771. The van der Waals surface area contributed by atoms with Gasteiger partial charge in [-0.05, 0) is 47.5 Å². The number of carbonyl (C=O) groups is 1. The molecule has 0 saturated heterocycles. The van der Waals surface area contributed by atoms with E-state index in [9.17, 15) is 13.2 Å². The van der Waals surface area contributed by atoms with Crippen LogP contribution in [0.3, 0.4) is 0 Å². The molecule has 1 amide bonds. The zero-order valence-corrected chi connectivity index (χ0v) is 18.2. The van der Waals surface area contributed by atoms with E-state index in [4.69, 9.17) is 9.47 Å². The quantitative estimate of drug-likeness (QED) is 0.596. The Morgan fingerprint density at radius 3 is 2.68 bits per heavy atom. The van der Waals surface area contributed by atoms with Gasteiger partial charge in [0.15, 0.2) is 6.10 Å². The second kappa shape index (κ2) is 8.47. The van der Waals surface area contributed by atoms with Crippen LogP contribution < -0.4 is 19.1 Å². The summed E-state index contributed by atoms with van der Waals surface area (Å²) in [6, 6.07) is 19.0. The summed E-state index contributed by atoms with van der Waals surface area (Å²) in [6.45, 7) is 2.35. The fourth-order valence-electron chi connectivity index (χ4n) is 3.53. The average molecular weight is 441 g/mol. The second-order valence-corrected chi connectivity index (χ2v) is 9.43. The van der Waals surface area contributed by atoms with Gasteiger partial charge >= 0.3 is 0 Å². The molecule has 4 rings (SSSR count). The Labute approximate surface area is 181 Å². The molecule has 0 bridgehead atoms. The van der Waals surface area contributed by atoms with Crippen molar-refractivity contribution in [2.45, 2.75) is 13.0 Å². The van der Waals surface area contributed by atoms with Crippen molar-refractivity contribution in [2.75, 3.05) is 30.3 Å². The molecule has 0 aromatic heterocycles. The van der Waals surface area contributed by atoms with Crippen molar-refractivity contribution in [2.24, 2.45) is 0 Å². The Morgan fingerprint density at radius 1 is 1.13 bits per heavy atom. The Balaban J connectivity index is 1.37. The van der Waals surface area contributed by atoms with Gasteiger partial charge in [0.25, 0.3) is 5.91 Å². The van der Waals surface area contributed by atoms with Crippen LogP contribution in [0, 0.1) is 6.92 Å². The maximum absolute atomic E-state index is 12.6. The van der Waals surface area contributed by atoms with Crippen molar-refractivity contribution < 1.29 is 22.7 Å². The number of hydrogen-bond donors (Lipinski definition) is 1. The van der Waals surface area contributed by atoms with Gasteiger partial charge in [0.2, 0.25) is 10.0 Å². The van der Waals surface area contributed by atoms with Crippen molar-refractivity contribution in [1.82, 2.24) is 5.32 Å². The zero-order valence-electron chi connectivity index (χ0n) is 17.4. The number of sulfonamides is 1. The van der Waals surface area contributed by atoms with Gasteiger partial charge in [-0.1, -0.05) is 36.4 Å². The summed E-state index contributed by atoms with van der Waals surface area (Å²) >= 11 is 0. The summed E-state index contributed by atoms with van der Waals surface area (Å²) in [6.07, 6.45) is 0.179. The number of rotatable bonds is 6. The fraction of sp³-hybridized carbons (Fsp3) is 0.261. The summed E-state index contributed by atoms with van der Waals surface area (Å²) in [5.74, 6) is 0.710. The molecule has 1 unspecified atom stereocenters. The number of amides is 1. The molecular formula is C23H24N2O5S. The van der Waals surface area contributed by atoms with E-state index in [1.54, 1.807) is 12.1 Å². The topological polar surface area (TPSA) is 84.9 Å². The summed E-state index contributed by atoms with van der Waals surface area (Å²) in [5.41, 5.74) is 1.36. The first-order valence-electron chi connectivity index (χ1n) is 9.95. The first kappa shape index (κ1) is 21.0. The summed E-state index contributed by atoms with van der Waals surface area (Å²) in [7, 11) is -3.55. The molecule has 1 aliphatic rings. The standard InChI is InChI=1S/C23H24N2O5S/c1-16-7-10-20-21(13-16)30-22(15-25(20)31(2,27)28)23(26)24-11-12-29-19-9-8-17-5-3-4-6-18(17)14-19/h3-10,13-14,22H,11-12,15H2,1-2H3,(H,24,26). The van der Waals surface area contributed by atoms with Crippen LogP contribution in [0.15, 0.2) is 60.7 Å². The van der Waals surface area contributed by atoms with Crippen LogP contribution in [0.1, 0.15) is 5.56 Å². The van der Waals surface area contributed by atoms with Gasteiger partial charge in [0.1, 0.15) is 18.1 Å². The highest BCUT2D eigenvalue weighted by atomic mass is 32.2. The Bertz CT molecular complexity index is 1230. The highest BCUT2D eigenvalue weighted by Gasteiger charge is 2.34. The number of ether oxygens (including phenoxy) is 2. The minimum atomic E-state index is -3.55. The molecule has 0 fully saturated rings. The zero-order chi connectivity index (χ0) is 22.0. The van der Waals surface area contributed by atoms with Crippen molar-refractivity contribution in [1.29, 1.82) is 0 Å². The van der Waals surface area contributed by atoms with E-state index >= 15 is 0 Å². The number of carbonyl (C=O) groups excluding carboxylic acids is 1. The number of nitrogens with zero attached hydrogens (tertiary/aromatic N) is 1. The van der Waals surface area contributed by atoms with Gasteiger partial charge in [-0.2, -0.15) is 0 Å². The third-order valence-corrected chi connectivity index (χ3v) is 6.22. The summed E-state index contributed by atoms with van der Waals surface area (Å²) < 4.78 is 37.2. The van der Waals surface area contributed by atoms with Crippen molar-refractivity contribution in [3.8, 4) is 11.5 Å². The normalized spacial score (nSPS) is 15.8. The van der Waals surface area contributed by atoms with E-state index in [0.29, 0.717) is 11.4 Å². The number of nitrogens with one attached hydrogen (secondary N) is 1. The smallest absolute Gasteiger partial charge is 0.263 e. The maximum atomic E-state index is 12.6. The molecule has 1 atom stereocenters. The molecule has 7 nitrogen and oxygen atoms in total. The third kappa shape index (κ3) is 4.74. The predicted molar refractivity (Wildman–Crippen MR) is 120 cm³/mol. The first-order chi connectivity index (χ1) is 14.8. The molecule has 1 aliphatic heterocycles. The Hall–Kier alpha value is -3.26. The van der Waals surface area contributed by atoms with E-state index in [1.807, 2.05) is 55.5 Å². The molecule has 0 spiro atoms. The molecular weight excluding hydrogens is 416 g/mol. The molecule has 0 saturated carbocycles. The van der Waals surface area contributed by atoms with Crippen LogP contribution in [-0.2, 0) is 14.8 Å². The second-order valence-electron chi connectivity index (χ2n) is 7.52. The van der Waals surface area contributed by atoms with Crippen LogP contribution in [-0.4, -0.2) is 46.4 Å². The fourth-order valence-corrected chi connectivity index (χ4v) is 4.44. The molecule has 8 heteroatoms. The van der Waals surface area contributed by atoms with E-state index < -0.39 is 16.1 Å². The molecule has 31 heavy (non-hydrogen) atoms. The Kier molecular flexibility index (Phi) is 5.73. The van der Waals surface area contributed by atoms with Gasteiger partial charge in [0, 0.05) is 0 Å². The summed E-state index contributed by atoms with van der Waals surface area (Å²) in [5, 5.41) is 4.97.